The lowest BCUT2D eigenvalue weighted by molar-refractivity contribution is 0.275. The molecular weight excluding hydrogens is 234 g/mol. The number of nitrogens with one attached hydrogen (secondary N) is 1. The van der Waals surface area contributed by atoms with E-state index in [-0.39, 0.29) is 0 Å². The minimum Gasteiger partial charge on any atom is -0.351 e. The monoisotopic (exact) mass is 261 g/mol. The minimum atomic E-state index is 0.450. The van der Waals surface area contributed by atoms with Crippen LogP contribution in [0.3, 0.4) is 0 Å². The molecule has 1 aromatic rings. The van der Waals surface area contributed by atoms with Crippen LogP contribution in [0.4, 0.5) is 5.95 Å². The van der Waals surface area contributed by atoms with E-state index in [2.05, 4.69) is 49.0 Å². The molecule has 3 unspecified atom stereocenters. The first-order valence-electron chi connectivity index (χ1n) is 7.57. The van der Waals surface area contributed by atoms with Gasteiger partial charge in [-0.15, -0.1) is 0 Å². The van der Waals surface area contributed by atoms with Gasteiger partial charge in [-0.05, 0) is 50.0 Å². The van der Waals surface area contributed by atoms with Gasteiger partial charge in [0, 0.05) is 17.4 Å². The van der Waals surface area contributed by atoms with E-state index in [1.165, 1.54) is 19.3 Å². The molecule has 106 valence electrons. The van der Waals surface area contributed by atoms with Crippen LogP contribution < -0.4 is 5.32 Å². The average Bonchev–Trinajstić information content (AvgIpc) is 2.32. The first-order chi connectivity index (χ1) is 8.95. The van der Waals surface area contributed by atoms with Crippen LogP contribution in [-0.4, -0.2) is 16.0 Å². The molecule has 1 aliphatic carbocycles. The number of anilines is 1. The normalized spacial score (nSPS) is 27.6. The van der Waals surface area contributed by atoms with Crippen LogP contribution in [0, 0.1) is 18.8 Å². The van der Waals surface area contributed by atoms with Gasteiger partial charge in [-0.2, -0.15) is 0 Å². The van der Waals surface area contributed by atoms with Crippen LogP contribution in [-0.2, 0) is 0 Å². The van der Waals surface area contributed by atoms with Gasteiger partial charge in [0.1, 0.15) is 0 Å². The topological polar surface area (TPSA) is 37.8 Å². The van der Waals surface area contributed by atoms with Gasteiger partial charge in [-0.25, -0.2) is 9.97 Å². The summed E-state index contributed by atoms with van der Waals surface area (Å²) in [7, 11) is 0. The van der Waals surface area contributed by atoms with Gasteiger partial charge in [0.2, 0.25) is 5.95 Å². The van der Waals surface area contributed by atoms with Gasteiger partial charge in [-0.1, -0.05) is 27.7 Å². The van der Waals surface area contributed by atoms with Crippen molar-refractivity contribution in [2.45, 2.75) is 65.8 Å². The summed E-state index contributed by atoms with van der Waals surface area (Å²) in [5.74, 6) is 2.83. The predicted octanol–water partition coefficient (Wildman–Crippen LogP) is 4.15. The minimum absolute atomic E-state index is 0.450. The Balaban J connectivity index is 2.10. The van der Waals surface area contributed by atoms with Crippen LogP contribution in [0.1, 0.15) is 64.3 Å². The number of aromatic nitrogens is 2. The Morgan fingerprint density at radius 1 is 1.21 bits per heavy atom. The molecule has 0 bridgehead atoms. The molecule has 0 radical (unpaired) electrons. The Labute approximate surface area is 117 Å². The molecule has 1 fully saturated rings. The fourth-order valence-electron chi connectivity index (χ4n) is 3.00. The molecule has 0 aliphatic heterocycles. The Morgan fingerprint density at radius 3 is 2.58 bits per heavy atom. The van der Waals surface area contributed by atoms with Crippen LogP contribution in [0.15, 0.2) is 6.07 Å². The Hall–Kier alpha value is -1.12. The Morgan fingerprint density at radius 2 is 1.95 bits per heavy atom. The van der Waals surface area contributed by atoms with E-state index in [1.54, 1.807) is 0 Å². The number of rotatable bonds is 3. The third-order valence-electron chi connectivity index (χ3n) is 4.21. The van der Waals surface area contributed by atoms with Gasteiger partial charge >= 0.3 is 0 Å². The zero-order valence-electron chi connectivity index (χ0n) is 12.9. The SMILES string of the molecule is Cc1cc(C(C)C)nc(NC2CCC(C)CC2C)n1. The van der Waals surface area contributed by atoms with Gasteiger partial charge in [0.05, 0.1) is 0 Å². The summed E-state index contributed by atoms with van der Waals surface area (Å²) in [6.07, 6.45) is 3.85. The summed E-state index contributed by atoms with van der Waals surface area (Å²) < 4.78 is 0. The zero-order valence-corrected chi connectivity index (χ0v) is 12.9. The molecule has 0 spiro atoms. The number of hydrogen-bond acceptors (Lipinski definition) is 3. The molecule has 19 heavy (non-hydrogen) atoms. The van der Waals surface area contributed by atoms with E-state index in [0.29, 0.717) is 17.9 Å². The van der Waals surface area contributed by atoms with Crippen molar-refractivity contribution >= 4 is 5.95 Å². The number of nitrogens with zero attached hydrogens (tertiary/aromatic N) is 2. The molecule has 1 saturated carbocycles. The fourth-order valence-corrected chi connectivity index (χ4v) is 3.00. The maximum Gasteiger partial charge on any atom is 0.223 e. The fraction of sp³-hybridized carbons (Fsp3) is 0.750. The highest BCUT2D eigenvalue weighted by molar-refractivity contribution is 5.30. The van der Waals surface area contributed by atoms with Gasteiger partial charge in [0.15, 0.2) is 0 Å². The molecular formula is C16H27N3. The van der Waals surface area contributed by atoms with E-state index >= 15 is 0 Å². The number of hydrogen-bond donors (Lipinski definition) is 1. The molecule has 2 rings (SSSR count). The lowest BCUT2D eigenvalue weighted by Crippen LogP contribution is -2.33. The maximum atomic E-state index is 4.66. The summed E-state index contributed by atoms with van der Waals surface area (Å²) in [5, 5.41) is 3.57. The lowest BCUT2D eigenvalue weighted by atomic mass is 9.80. The van der Waals surface area contributed by atoms with Gasteiger partial charge < -0.3 is 5.32 Å². The van der Waals surface area contributed by atoms with E-state index in [9.17, 15) is 0 Å². The summed E-state index contributed by atoms with van der Waals surface area (Å²) >= 11 is 0. The predicted molar refractivity (Wildman–Crippen MR) is 80.4 cm³/mol. The molecule has 3 nitrogen and oxygen atoms in total. The molecule has 1 aromatic heterocycles. The van der Waals surface area contributed by atoms with Crippen molar-refractivity contribution in [2.24, 2.45) is 11.8 Å². The standard InChI is InChI=1S/C16H27N3/c1-10(2)15-9-13(5)17-16(19-15)18-14-7-6-11(3)8-12(14)4/h9-12,14H,6-8H2,1-5H3,(H,17,18,19). The highest BCUT2D eigenvalue weighted by Crippen LogP contribution is 2.30. The van der Waals surface area contributed by atoms with Gasteiger partial charge in [-0.3, -0.25) is 0 Å². The van der Waals surface area contributed by atoms with E-state index in [1.807, 2.05) is 6.92 Å². The second-order valence-corrected chi connectivity index (χ2v) is 6.56. The highest BCUT2D eigenvalue weighted by atomic mass is 15.1. The van der Waals surface area contributed by atoms with Crippen LogP contribution in [0.2, 0.25) is 0 Å². The molecule has 0 saturated heterocycles. The van der Waals surface area contributed by atoms with Crippen molar-refractivity contribution < 1.29 is 0 Å². The Kier molecular flexibility index (Phi) is 4.43. The third-order valence-corrected chi connectivity index (χ3v) is 4.21. The third kappa shape index (κ3) is 3.68. The molecule has 3 atom stereocenters. The van der Waals surface area contributed by atoms with Crippen molar-refractivity contribution in [3.63, 3.8) is 0 Å². The first kappa shape index (κ1) is 14.3. The van der Waals surface area contributed by atoms with Crippen LogP contribution >= 0.6 is 0 Å². The molecule has 1 aliphatic rings. The zero-order chi connectivity index (χ0) is 14.0. The molecule has 1 heterocycles. The van der Waals surface area contributed by atoms with E-state index in [4.69, 9.17) is 0 Å². The summed E-state index contributed by atoms with van der Waals surface area (Å²) in [6, 6.07) is 2.61. The van der Waals surface area contributed by atoms with Crippen molar-refractivity contribution in [3.05, 3.63) is 17.5 Å². The average molecular weight is 261 g/mol. The quantitative estimate of drug-likeness (QED) is 0.888. The summed E-state index contributed by atoms with van der Waals surface area (Å²) in [6.45, 7) is 11.1. The van der Waals surface area contributed by atoms with Crippen molar-refractivity contribution in [2.75, 3.05) is 5.32 Å². The molecule has 0 aromatic carbocycles. The lowest BCUT2D eigenvalue weighted by Gasteiger charge is -2.33. The second-order valence-electron chi connectivity index (χ2n) is 6.56. The second kappa shape index (κ2) is 5.89. The largest absolute Gasteiger partial charge is 0.351 e. The van der Waals surface area contributed by atoms with Crippen molar-refractivity contribution in [1.29, 1.82) is 0 Å². The number of aryl methyl sites for hydroxylation is 1. The highest BCUT2D eigenvalue weighted by Gasteiger charge is 2.25. The molecule has 3 heteroatoms. The smallest absolute Gasteiger partial charge is 0.223 e. The molecule has 0 amide bonds. The van der Waals surface area contributed by atoms with Crippen molar-refractivity contribution in [1.82, 2.24) is 9.97 Å². The van der Waals surface area contributed by atoms with Crippen molar-refractivity contribution in [3.8, 4) is 0 Å². The summed E-state index contributed by atoms with van der Waals surface area (Å²) in [4.78, 5) is 9.20. The maximum absolute atomic E-state index is 4.66. The van der Waals surface area contributed by atoms with Crippen LogP contribution in [0.5, 0.6) is 0 Å². The van der Waals surface area contributed by atoms with Gasteiger partial charge in [0.25, 0.3) is 0 Å². The van der Waals surface area contributed by atoms with E-state index < -0.39 is 0 Å². The first-order valence-corrected chi connectivity index (χ1v) is 7.57. The Bertz CT molecular complexity index is 428. The summed E-state index contributed by atoms with van der Waals surface area (Å²) in [5.41, 5.74) is 2.19. The van der Waals surface area contributed by atoms with E-state index in [0.717, 1.165) is 23.3 Å². The molecule has 1 N–H and O–H groups in total. The van der Waals surface area contributed by atoms with Crippen LogP contribution in [0.25, 0.3) is 0 Å².